The standard InChI is InChI=1S/C37H39ClF2N2O4/c1-21-12-23(8-9-27(21)38)28-14-26(36(20-41)18-37(39,40)19-36)33-29(42-28)15-31(46-33)32(44)25-7-5-6-22(10-11-34(25,2)3)13-30(43)24-16-35(4,45)17-24/h8-10,12,14-15,24-25,45H,5-7,11,13,16-19H2,1-4H3/b22-10-/t24-,25?,35+. The van der Waals surface area contributed by atoms with E-state index in [2.05, 4.69) is 12.1 Å². The molecule has 0 amide bonds. The van der Waals surface area contributed by atoms with Gasteiger partial charge in [-0.2, -0.15) is 5.26 Å². The van der Waals surface area contributed by atoms with Crippen LogP contribution in [0.2, 0.25) is 5.02 Å². The number of pyridine rings is 1. The zero-order valence-electron chi connectivity index (χ0n) is 26.7. The predicted molar refractivity (Wildman–Crippen MR) is 172 cm³/mol. The molecule has 1 N–H and O–H groups in total. The Kier molecular flexibility index (Phi) is 8.05. The number of aryl methyl sites for hydroxylation is 1. The summed E-state index contributed by atoms with van der Waals surface area (Å²) in [7, 11) is 0. The van der Waals surface area contributed by atoms with Crippen molar-refractivity contribution < 1.29 is 27.9 Å². The Bertz CT molecular complexity index is 1800. The Morgan fingerprint density at radius 3 is 2.50 bits per heavy atom. The number of furan rings is 1. The lowest BCUT2D eigenvalue weighted by Crippen LogP contribution is -2.48. The molecule has 242 valence electrons. The topological polar surface area (TPSA) is 104 Å². The molecular formula is C37H39ClF2N2O4. The fourth-order valence-corrected chi connectivity index (χ4v) is 7.72. The van der Waals surface area contributed by atoms with E-state index in [1.165, 1.54) is 0 Å². The molecule has 1 aromatic carbocycles. The van der Waals surface area contributed by atoms with Crippen LogP contribution in [0.15, 0.2) is 46.4 Å². The fourth-order valence-electron chi connectivity index (χ4n) is 7.60. The van der Waals surface area contributed by atoms with Gasteiger partial charge in [0.2, 0.25) is 5.78 Å². The molecule has 0 spiro atoms. The molecule has 6 rings (SSSR count). The highest BCUT2D eigenvalue weighted by atomic mass is 35.5. The number of rotatable bonds is 7. The molecule has 46 heavy (non-hydrogen) atoms. The molecule has 0 radical (unpaired) electrons. The summed E-state index contributed by atoms with van der Waals surface area (Å²) in [5, 5.41) is 20.8. The Balaban J connectivity index is 1.31. The van der Waals surface area contributed by atoms with Gasteiger partial charge in [0.25, 0.3) is 5.92 Å². The Labute approximate surface area is 272 Å². The number of aliphatic hydroxyl groups is 1. The van der Waals surface area contributed by atoms with Gasteiger partial charge >= 0.3 is 0 Å². The van der Waals surface area contributed by atoms with Crippen LogP contribution in [0.25, 0.3) is 22.4 Å². The molecule has 0 saturated heterocycles. The molecule has 2 saturated carbocycles. The van der Waals surface area contributed by atoms with Gasteiger partial charge in [-0.3, -0.25) is 9.59 Å². The van der Waals surface area contributed by atoms with Crippen molar-refractivity contribution in [1.29, 1.82) is 5.26 Å². The first kappa shape index (κ1) is 32.5. The number of hydrogen-bond acceptors (Lipinski definition) is 6. The first-order valence-corrected chi connectivity index (χ1v) is 16.4. The van der Waals surface area contributed by atoms with Crippen molar-refractivity contribution in [3.8, 4) is 17.3 Å². The third-order valence-corrected chi connectivity index (χ3v) is 10.8. The van der Waals surface area contributed by atoms with Crippen molar-refractivity contribution >= 4 is 34.3 Å². The molecule has 2 aromatic heterocycles. The molecule has 2 heterocycles. The van der Waals surface area contributed by atoms with E-state index in [1.54, 1.807) is 31.2 Å². The molecule has 1 unspecified atom stereocenters. The number of nitrogens with zero attached hydrogens (tertiary/aromatic N) is 2. The summed E-state index contributed by atoms with van der Waals surface area (Å²) in [6.07, 6.45) is 4.85. The molecule has 3 aliphatic rings. The summed E-state index contributed by atoms with van der Waals surface area (Å²) >= 11 is 6.24. The normalized spacial score (nSPS) is 27.7. The number of carbonyl (C=O) groups excluding carboxylic acids is 2. The second-order valence-electron chi connectivity index (χ2n) is 14.9. The van der Waals surface area contributed by atoms with E-state index in [1.807, 2.05) is 26.8 Å². The number of aromatic nitrogens is 1. The summed E-state index contributed by atoms with van der Waals surface area (Å²) < 4.78 is 34.7. The number of carbonyl (C=O) groups is 2. The monoisotopic (exact) mass is 648 g/mol. The third-order valence-electron chi connectivity index (χ3n) is 10.4. The lowest BCUT2D eigenvalue weighted by Gasteiger charge is -2.42. The number of fused-ring (bicyclic) bond motifs is 1. The number of alkyl halides is 2. The van der Waals surface area contributed by atoms with Crippen molar-refractivity contribution in [2.45, 2.75) is 102 Å². The number of benzene rings is 1. The second-order valence-corrected chi connectivity index (χ2v) is 15.3. The number of halogens is 3. The minimum Gasteiger partial charge on any atom is -0.451 e. The van der Waals surface area contributed by atoms with Crippen molar-refractivity contribution in [3.05, 3.63) is 63.9 Å². The minimum atomic E-state index is -2.97. The van der Waals surface area contributed by atoms with Crippen LogP contribution in [0.4, 0.5) is 8.78 Å². The molecule has 6 nitrogen and oxygen atoms in total. The summed E-state index contributed by atoms with van der Waals surface area (Å²) in [6.45, 7) is 7.69. The molecule has 1 atom stereocenters. The molecule has 2 fully saturated rings. The highest BCUT2D eigenvalue weighted by Crippen LogP contribution is 2.55. The summed E-state index contributed by atoms with van der Waals surface area (Å²) in [5.74, 6) is -3.37. The fraction of sp³-hybridized carbons (Fsp3) is 0.514. The van der Waals surface area contributed by atoms with Crippen molar-refractivity contribution in [1.82, 2.24) is 4.98 Å². The predicted octanol–water partition coefficient (Wildman–Crippen LogP) is 9.09. The van der Waals surface area contributed by atoms with Gasteiger partial charge in [-0.25, -0.2) is 13.8 Å². The smallest absolute Gasteiger partial charge is 0.251 e. The molecule has 3 aliphatic carbocycles. The van der Waals surface area contributed by atoms with Crippen LogP contribution in [-0.2, 0) is 10.2 Å². The van der Waals surface area contributed by atoms with Crippen molar-refractivity contribution in [2.24, 2.45) is 17.3 Å². The Morgan fingerprint density at radius 1 is 1.15 bits per heavy atom. The molecule has 0 bridgehead atoms. The number of nitriles is 1. The number of allylic oxidation sites excluding steroid dienone is 2. The van der Waals surface area contributed by atoms with Crippen molar-refractivity contribution in [3.63, 3.8) is 0 Å². The molecule has 0 aliphatic heterocycles. The maximum atomic E-state index is 14.2. The largest absolute Gasteiger partial charge is 0.451 e. The lowest BCUT2D eigenvalue weighted by molar-refractivity contribution is -0.136. The van der Waals surface area contributed by atoms with Crippen LogP contribution in [0, 0.1) is 35.5 Å². The van der Waals surface area contributed by atoms with E-state index in [4.69, 9.17) is 21.0 Å². The first-order chi connectivity index (χ1) is 21.5. The molecular weight excluding hydrogens is 610 g/mol. The van der Waals surface area contributed by atoms with Gasteiger partial charge < -0.3 is 9.52 Å². The van der Waals surface area contributed by atoms with Gasteiger partial charge in [-0.05, 0) is 81.5 Å². The van der Waals surface area contributed by atoms with Crippen molar-refractivity contribution in [2.75, 3.05) is 0 Å². The SMILES string of the molecule is Cc1cc(-c2cc(C3(C#N)CC(F)(F)C3)c3oc(C(=O)C4CCC/C(CC(=O)[C@H]5C[C@@](C)(O)C5)=C/CC4(C)C)cc3n2)ccc1Cl. The average Bonchev–Trinajstić information content (AvgIpc) is 3.39. The summed E-state index contributed by atoms with van der Waals surface area (Å²) in [4.78, 5) is 31.7. The van der Waals surface area contributed by atoms with E-state index < -0.39 is 35.2 Å². The van der Waals surface area contributed by atoms with Gasteiger partial charge in [-0.1, -0.05) is 43.2 Å². The Hall–Kier alpha value is -3.41. The van der Waals surface area contributed by atoms with Gasteiger partial charge in [-0.15, -0.1) is 0 Å². The van der Waals surface area contributed by atoms with Crippen LogP contribution in [0.1, 0.15) is 100 Å². The third kappa shape index (κ3) is 6.04. The van der Waals surface area contributed by atoms with E-state index >= 15 is 0 Å². The summed E-state index contributed by atoms with van der Waals surface area (Å²) in [6, 6.07) is 10.7. The number of ketones is 2. The average molecular weight is 649 g/mol. The van der Waals surface area contributed by atoms with E-state index in [9.17, 15) is 28.7 Å². The van der Waals surface area contributed by atoms with E-state index in [-0.39, 0.29) is 34.7 Å². The number of Topliss-reactive ketones (excluding diaryl/α,β-unsaturated/α-hetero) is 2. The zero-order chi connectivity index (χ0) is 33.2. The summed E-state index contributed by atoms with van der Waals surface area (Å²) in [5.41, 5.74) is 1.28. The molecule has 9 heteroatoms. The van der Waals surface area contributed by atoms with Gasteiger partial charge in [0.15, 0.2) is 11.3 Å². The van der Waals surface area contributed by atoms with Gasteiger partial charge in [0, 0.05) is 53.3 Å². The quantitative estimate of drug-likeness (QED) is 0.202. The van der Waals surface area contributed by atoms with E-state index in [0.717, 1.165) is 17.6 Å². The lowest BCUT2D eigenvalue weighted by atomic mass is 9.63. The van der Waals surface area contributed by atoms with Crippen LogP contribution < -0.4 is 0 Å². The number of hydrogen-bond donors (Lipinski definition) is 1. The van der Waals surface area contributed by atoms with Crippen LogP contribution in [0.5, 0.6) is 0 Å². The van der Waals surface area contributed by atoms with Gasteiger partial charge in [0.05, 0.1) is 22.8 Å². The maximum Gasteiger partial charge on any atom is 0.251 e. The highest BCUT2D eigenvalue weighted by molar-refractivity contribution is 6.31. The van der Waals surface area contributed by atoms with Crippen LogP contribution >= 0.6 is 11.6 Å². The van der Waals surface area contributed by atoms with Gasteiger partial charge in [0.1, 0.15) is 11.3 Å². The van der Waals surface area contributed by atoms with Crippen LogP contribution in [0.3, 0.4) is 0 Å². The second kappa shape index (κ2) is 11.4. The first-order valence-electron chi connectivity index (χ1n) is 16.0. The molecule has 3 aromatic rings. The highest BCUT2D eigenvalue weighted by Gasteiger charge is 2.59. The minimum absolute atomic E-state index is 0.0918. The van der Waals surface area contributed by atoms with E-state index in [0.29, 0.717) is 65.9 Å². The van der Waals surface area contributed by atoms with Crippen LogP contribution in [-0.4, -0.2) is 33.2 Å². The Morgan fingerprint density at radius 2 is 1.87 bits per heavy atom. The zero-order valence-corrected chi connectivity index (χ0v) is 27.4. The maximum absolute atomic E-state index is 14.2.